The minimum absolute atomic E-state index is 0.0664. The third-order valence-electron chi connectivity index (χ3n) is 3.06. The van der Waals surface area contributed by atoms with Crippen molar-refractivity contribution in [3.05, 3.63) is 46.1 Å². The molecule has 0 radical (unpaired) electrons. The average molecular weight is 261 g/mol. The van der Waals surface area contributed by atoms with Gasteiger partial charge in [0, 0.05) is 0 Å². The van der Waals surface area contributed by atoms with E-state index >= 15 is 0 Å². The molecule has 1 aromatic heterocycles. The number of hydrogen-bond donors (Lipinski definition) is 0. The molecule has 0 saturated heterocycles. The fourth-order valence-corrected chi connectivity index (χ4v) is 1.95. The zero-order valence-electron chi connectivity index (χ0n) is 11.8. The van der Waals surface area contributed by atoms with Gasteiger partial charge in [0.15, 0.2) is 0 Å². The van der Waals surface area contributed by atoms with Crippen LogP contribution in [-0.4, -0.2) is 21.5 Å². The zero-order valence-corrected chi connectivity index (χ0v) is 11.8. The van der Waals surface area contributed by atoms with Crippen molar-refractivity contribution in [3.63, 3.8) is 0 Å². The van der Waals surface area contributed by atoms with Crippen LogP contribution in [0.15, 0.2) is 29.1 Å². The minimum atomic E-state index is -0.0664. The summed E-state index contributed by atoms with van der Waals surface area (Å²) in [6.07, 6.45) is 0. The Morgan fingerprint density at radius 2 is 1.89 bits per heavy atom. The first-order valence-corrected chi connectivity index (χ1v) is 6.31. The summed E-state index contributed by atoms with van der Waals surface area (Å²) in [5.74, 6) is 1.54. The summed E-state index contributed by atoms with van der Waals surface area (Å²) < 4.78 is 8.31. The van der Waals surface area contributed by atoms with E-state index in [1.165, 1.54) is 4.68 Å². The molecule has 0 atom stereocenters. The quantitative estimate of drug-likeness (QED) is 0.845. The number of rotatable bonds is 4. The Kier molecular flexibility index (Phi) is 3.74. The van der Waals surface area contributed by atoms with Crippen LogP contribution in [0.1, 0.15) is 31.3 Å². The highest BCUT2D eigenvalue weighted by Crippen LogP contribution is 2.12. The maximum atomic E-state index is 12.2. The largest absolute Gasteiger partial charge is 0.497 e. The summed E-state index contributed by atoms with van der Waals surface area (Å²) in [6.45, 7) is 6.28. The van der Waals surface area contributed by atoms with E-state index in [0.717, 1.165) is 17.1 Å². The van der Waals surface area contributed by atoms with Gasteiger partial charge in [-0.1, -0.05) is 12.1 Å². The highest BCUT2D eigenvalue weighted by Gasteiger charge is 2.12. The molecule has 0 fully saturated rings. The summed E-state index contributed by atoms with van der Waals surface area (Å²) in [6, 6.07) is 7.77. The topological polar surface area (TPSA) is 49.0 Å². The summed E-state index contributed by atoms with van der Waals surface area (Å²) in [5, 5.41) is 4.28. The number of benzene rings is 1. The van der Waals surface area contributed by atoms with Crippen molar-refractivity contribution < 1.29 is 4.74 Å². The van der Waals surface area contributed by atoms with E-state index in [1.807, 2.05) is 45.0 Å². The summed E-state index contributed by atoms with van der Waals surface area (Å²) in [5.41, 5.74) is 0.984. The lowest BCUT2D eigenvalue weighted by Gasteiger charge is -2.05. The molecule has 2 rings (SSSR count). The molecule has 0 aliphatic heterocycles. The predicted molar refractivity (Wildman–Crippen MR) is 73.7 cm³/mol. The Morgan fingerprint density at radius 1 is 1.26 bits per heavy atom. The molecule has 0 N–H and O–H groups in total. The molecule has 19 heavy (non-hydrogen) atoms. The number of nitrogens with zero attached hydrogens (tertiary/aromatic N) is 3. The summed E-state index contributed by atoms with van der Waals surface area (Å²) in [7, 11) is 1.64. The molecule has 5 nitrogen and oxygen atoms in total. The van der Waals surface area contributed by atoms with Crippen LogP contribution < -0.4 is 10.4 Å². The Bertz CT molecular complexity index is 609. The summed E-state index contributed by atoms with van der Waals surface area (Å²) in [4.78, 5) is 12.2. The number of aryl methyl sites for hydroxylation is 1. The Hall–Kier alpha value is -2.04. The van der Waals surface area contributed by atoms with Crippen LogP contribution in [0.2, 0.25) is 0 Å². The smallest absolute Gasteiger partial charge is 0.346 e. The molecule has 0 aliphatic rings. The summed E-state index contributed by atoms with van der Waals surface area (Å²) >= 11 is 0. The normalized spacial score (nSPS) is 11.0. The first kappa shape index (κ1) is 13.4. The maximum absolute atomic E-state index is 12.2. The monoisotopic (exact) mass is 261 g/mol. The lowest BCUT2D eigenvalue weighted by molar-refractivity contribution is 0.414. The zero-order chi connectivity index (χ0) is 14.0. The first-order chi connectivity index (χ1) is 9.02. The van der Waals surface area contributed by atoms with Crippen molar-refractivity contribution in [1.82, 2.24) is 14.3 Å². The third kappa shape index (κ3) is 2.70. The molecule has 2 aromatic rings. The van der Waals surface area contributed by atoms with Gasteiger partial charge in [-0.05, 0) is 38.5 Å². The molecule has 0 bridgehead atoms. The Balaban J connectivity index is 2.30. The standard InChI is InChI=1S/C14H19N3O2/c1-10(2)17-14(18)16(11(3)15-17)9-12-5-7-13(19-4)8-6-12/h5-8,10H,9H2,1-4H3. The van der Waals surface area contributed by atoms with Crippen molar-refractivity contribution in [2.75, 3.05) is 7.11 Å². The number of aromatic nitrogens is 3. The van der Waals surface area contributed by atoms with E-state index in [9.17, 15) is 4.79 Å². The van der Waals surface area contributed by atoms with Gasteiger partial charge in [0.1, 0.15) is 11.6 Å². The number of ether oxygens (including phenoxy) is 1. The van der Waals surface area contributed by atoms with Gasteiger partial charge in [-0.3, -0.25) is 4.57 Å². The van der Waals surface area contributed by atoms with Crippen molar-refractivity contribution in [2.24, 2.45) is 0 Å². The molecular weight excluding hydrogens is 242 g/mol. The van der Waals surface area contributed by atoms with E-state index < -0.39 is 0 Å². The second kappa shape index (κ2) is 5.30. The van der Waals surface area contributed by atoms with Gasteiger partial charge < -0.3 is 4.74 Å². The molecule has 1 aromatic carbocycles. The van der Waals surface area contributed by atoms with Crippen LogP contribution in [0.25, 0.3) is 0 Å². The molecule has 0 spiro atoms. The van der Waals surface area contributed by atoms with E-state index in [-0.39, 0.29) is 11.7 Å². The van der Waals surface area contributed by atoms with Crippen molar-refractivity contribution in [2.45, 2.75) is 33.4 Å². The molecular formula is C14H19N3O2. The molecule has 0 saturated carbocycles. The van der Waals surface area contributed by atoms with Gasteiger partial charge in [-0.25, -0.2) is 9.48 Å². The number of hydrogen-bond acceptors (Lipinski definition) is 3. The van der Waals surface area contributed by atoms with Gasteiger partial charge in [0.2, 0.25) is 0 Å². The molecule has 1 heterocycles. The molecule has 0 amide bonds. The fraction of sp³-hybridized carbons (Fsp3) is 0.429. The molecule has 5 heteroatoms. The molecule has 0 aliphatic carbocycles. The van der Waals surface area contributed by atoms with Crippen LogP contribution in [0, 0.1) is 6.92 Å². The van der Waals surface area contributed by atoms with Crippen molar-refractivity contribution in [3.8, 4) is 5.75 Å². The lowest BCUT2D eigenvalue weighted by atomic mass is 10.2. The fourth-order valence-electron chi connectivity index (χ4n) is 1.95. The highest BCUT2D eigenvalue weighted by atomic mass is 16.5. The van der Waals surface area contributed by atoms with Gasteiger partial charge in [0.25, 0.3) is 0 Å². The predicted octanol–water partition coefficient (Wildman–Crippen LogP) is 1.99. The molecule has 102 valence electrons. The van der Waals surface area contributed by atoms with E-state index in [4.69, 9.17) is 4.74 Å². The highest BCUT2D eigenvalue weighted by molar-refractivity contribution is 5.27. The minimum Gasteiger partial charge on any atom is -0.497 e. The third-order valence-corrected chi connectivity index (χ3v) is 3.06. The van der Waals surface area contributed by atoms with E-state index in [0.29, 0.717) is 6.54 Å². The van der Waals surface area contributed by atoms with Gasteiger partial charge in [0.05, 0.1) is 19.7 Å². The van der Waals surface area contributed by atoms with Crippen LogP contribution >= 0.6 is 0 Å². The van der Waals surface area contributed by atoms with Gasteiger partial charge >= 0.3 is 5.69 Å². The van der Waals surface area contributed by atoms with Crippen LogP contribution in [0.3, 0.4) is 0 Å². The lowest BCUT2D eigenvalue weighted by Crippen LogP contribution is -2.26. The SMILES string of the molecule is COc1ccc(Cn2c(C)nn(C(C)C)c2=O)cc1. The van der Waals surface area contributed by atoms with Crippen LogP contribution in [-0.2, 0) is 6.54 Å². The second-order valence-electron chi connectivity index (χ2n) is 4.80. The second-order valence-corrected chi connectivity index (χ2v) is 4.80. The van der Waals surface area contributed by atoms with Crippen LogP contribution in [0.4, 0.5) is 0 Å². The van der Waals surface area contributed by atoms with Crippen molar-refractivity contribution in [1.29, 1.82) is 0 Å². The van der Waals surface area contributed by atoms with Crippen molar-refractivity contribution >= 4 is 0 Å². The van der Waals surface area contributed by atoms with E-state index in [2.05, 4.69) is 5.10 Å². The van der Waals surface area contributed by atoms with E-state index in [1.54, 1.807) is 11.7 Å². The van der Waals surface area contributed by atoms with Gasteiger partial charge in [-0.15, -0.1) is 0 Å². The van der Waals surface area contributed by atoms with Crippen LogP contribution in [0.5, 0.6) is 5.75 Å². The molecule has 0 unspecified atom stereocenters. The maximum Gasteiger partial charge on any atom is 0.346 e. The van der Waals surface area contributed by atoms with Gasteiger partial charge in [-0.2, -0.15) is 5.10 Å². The first-order valence-electron chi connectivity index (χ1n) is 6.31. The Morgan fingerprint density at radius 3 is 2.37 bits per heavy atom. The number of methoxy groups -OCH3 is 1. The average Bonchev–Trinajstić information content (AvgIpc) is 2.68. The Labute approximate surface area is 112 Å².